The summed E-state index contributed by atoms with van der Waals surface area (Å²) < 4.78 is 5.58. The summed E-state index contributed by atoms with van der Waals surface area (Å²) in [6.45, 7) is 1.40. The average Bonchev–Trinajstić information content (AvgIpc) is 2.91. The van der Waals surface area contributed by atoms with Crippen LogP contribution in [0.25, 0.3) is 11.0 Å². The van der Waals surface area contributed by atoms with Crippen molar-refractivity contribution in [2.24, 2.45) is 5.73 Å². The summed E-state index contributed by atoms with van der Waals surface area (Å²) >= 11 is 0. The number of fused-ring (bicyclic) bond motifs is 1. The molecule has 0 radical (unpaired) electrons. The highest BCUT2D eigenvalue weighted by molar-refractivity contribution is 5.81. The van der Waals surface area contributed by atoms with E-state index in [-0.39, 0.29) is 0 Å². The molecule has 0 amide bonds. The van der Waals surface area contributed by atoms with Gasteiger partial charge in [-0.15, -0.1) is 0 Å². The lowest BCUT2D eigenvalue weighted by molar-refractivity contribution is 0.609. The van der Waals surface area contributed by atoms with Gasteiger partial charge < -0.3 is 15.1 Å². The third kappa shape index (κ3) is 2.40. The lowest BCUT2D eigenvalue weighted by atomic mass is 10.1. The van der Waals surface area contributed by atoms with Gasteiger partial charge in [-0.3, -0.25) is 0 Å². The van der Waals surface area contributed by atoms with E-state index in [2.05, 4.69) is 42.3 Å². The van der Waals surface area contributed by atoms with Crippen molar-refractivity contribution in [3.63, 3.8) is 0 Å². The lowest BCUT2D eigenvalue weighted by Gasteiger charge is -2.19. The summed E-state index contributed by atoms with van der Waals surface area (Å²) in [4.78, 5) is 2.21. The number of rotatable bonds is 4. The topological polar surface area (TPSA) is 42.4 Å². The smallest absolute Gasteiger partial charge is 0.134 e. The van der Waals surface area contributed by atoms with E-state index in [1.165, 1.54) is 16.6 Å². The van der Waals surface area contributed by atoms with E-state index in [0.717, 1.165) is 17.7 Å². The van der Waals surface area contributed by atoms with Gasteiger partial charge in [0, 0.05) is 36.8 Å². The Bertz CT molecular complexity index is 700. The first-order valence-electron chi connectivity index (χ1n) is 6.73. The third-order valence-corrected chi connectivity index (χ3v) is 3.58. The second-order valence-corrected chi connectivity index (χ2v) is 4.98. The van der Waals surface area contributed by atoms with Crippen LogP contribution in [0.3, 0.4) is 0 Å². The van der Waals surface area contributed by atoms with Crippen molar-refractivity contribution in [2.75, 3.05) is 11.9 Å². The largest absolute Gasteiger partial charge is 0.464 e. The monoisotopic (exact) mass is 266 g/mol. The zero-order chi connectivity index (χ0) is 13.9. The molecule has 20 heavy (non-hydrogen) atoms. The molecule has 1 heterocycles. The Labute approximate surface area is 118 Å². The van der Waals surface area contributed by atoms with Crippen LogP contribution in [0.2, 0.25) is 0 Å². The summed E-state index contributed by atoms with van der Waals surface area (Å²) in [7, 11) is 2.08. The van der Waals surface area contributed by atoms with Crippen molar-refractivity contribution >= 4 is 16.7 Å². The van der Waals surface area contributed by atoms with E-state index in [0.29, 0.717) is 6.54 Å². The molecule has 0 saturated heterocycles. The van der Waals surface area contributed by atoms with Gasteiger partial charge in [0.15, 0.2) is 0 Å². The number of furan rings is 1. The van der Waals surface area contributed by atoms with E-state index < -0.39 is 0 Å². The number of hydrogen-bond donors (Lipinski definition) is 1. The molecule has 0 unspecified atom stereocenters. The van der Waals surface area contributed by atoms with Crippen LogP contribution in [0.15, 0.2) is 59.2 Å². The first kappa shape index (κ1) is 12.8. The highest BCUT2D eigenvalue weighted by Crippen LogP contribution is 2.24. The fourth-order valence-electron chi connectivity index (χ4n) is 2.39. The van der Waals surface area contributed by atoms with Gasteiger partial charge in [-0.25, -0.2) is 0 Å². The Hall–Kier alpha value is -2.26. The molecule has 0 spiro atoms. The van der Waals surface area contributed by atoms with Crippen LogP contribution >= 0.6 is 0 Å². The molecular formula is C17H18N2O. The van der Waals surface area contributed by atoms with Crippen molar-refractivity contribution in [1.29, 1.82) is 0 Å². The van der Waals surface area contributed by atoms with Gasteiger partial charge in [-0.2, -0.15) is 0 Å². The van der Waals surface area contributed by atoms with Crippen molar-refractivity contribution < 1.29 is 4.42 Å². The zero-order valence-corrected chi connectivity index (χ0v) is 11.5. The minimum absolute atomic E-state index is 0.580. The molecule has 102 valence electrons. The first-order valence-corrected chi connectivity index (χ1v) is 6.73. The number of anilines is 1. The predicted octanol–water partition coefficient (Wildman–Crippen LogP) is 3.53. The van der Waals surface area contributed by atoms with E-state index in [4.69, 9.17) is 10.2 Å². The lowest BCUT2D eigenvalue weighted by Crippen LogP contribution is -2.16. The van der Waals surface area contributed by atoms with Crippen LogP contribution < -0.4 is 10.6 Å². The molecule has 0 aliphatic carbocycles. The molecule has 3 nitrogen and oxygen atoms in total. The Morgan fingerprint density at radius 2 is 1.80 bits per heavy atom. The number of hydrogen-bond acceptors (Lipinski definition) is 3. The van der Waals surface area contributed by atoms with Crippen LogP contribution in [0.1, 0.15) is 11.1 Å². The molecule has 0 aliphatic rings. The molecule has 0 atom stereocenters. The molecule has 2 N–H and O–H groups in total. The van der Waals surface area contributed by atoms with Crippen molar-refractivity contribution in [2.45, 2.75) is 13.1 Å². The third-order valence-electron chi connectivity index (χ3n) is 3.58. The maximum Gasteiger partial charge on any atom is 0.134 e. The SMILES string of the molecule is CN(Cc1coc2ccccc12)c1ccc(CN)cc1. The fraction of sp³-hybridized carbons (Fsp3) is 0.176. The van der Waals surface area contributed by atoms with Crippen LogP contribution in [0.5, 0.6) is 0 Å². The minimum Gasteiger partial charge on any atom is -0.464 e. The second kappa shape index (κ2) is 5.39. The van der Waals surface area contributed by atoms with E-state index in [9.17, 15) is 0 Å². The van der Waals surface area contributed by atoms with Crippen LogP contribution in [0.4, 0.5) is 5.69 Å². The van der Waals surface area contributed by atoms with Crippen LogP contribution in [-0.4, -0.2) is 7.05 Å². The molecule has 1 aromatic heterocycles. The van der Waals surface area contributed by atoms with Crippen molar-refractivity contribution in [3.8, 4) is 0 Å². The van der Waals surface area contributed by atoms with Crippen LogP contribution in [-0.2, 0) is 13.1 Å². The molecule has 3 rings (SSSR count). The molecule has 2 aromatic carbocycles. The summed E-state index contributed by atoms with van der Waals surface area (Å²) in [6, 6.07) is 16.5. The van der Waals surface area contributed by atoms with E-state index >= 15 is 0 Å². The minimum atomic E-state index is 0.580. The van der Waals surface area contributed by atoms with E-state index in [1.807, 2.05) is 24.5 Å². The number of nitrogens with zero attached hydrogens (tertiary/aromatic N) is 1. The summed E-state index contributed by atoms with van der Waals surface area (Å²) in [5.41, 5.74) is 10.1. The van der Waals surface area contributed by atoms with E-state index in [1.54, 1.807) is 0 Å². The van der Waals surface area contributed by atoms with Crippen molar-refractivity contribution in [1.82, 2.24) is 0 Å². The highest BCUT2D eigenvalue weighted by atomic mass is 16.3. The maximum absolute atomic E-state index is 5.62. The molecule has 0 fully saturated rings. The molecule has 0 saturated carbocycles. The zero-order valence-electron chi connectivity index (χ0n) is 11.5. The molecule has 0 aliphatic heterocycles. The van der Waals surface area contributed by atoms with Gasteiger partial charge >= 0.3 is 0 Å². The molecule has 3 aromatic rings. The van der Waals surface area contributed by atoms with Gasteiger partial charge in [-0.05, 0) is 23.8 Å². The molecule has 3 heteroatoms. The predicted molar refractivity (Wildman–Crippen MR) is 82.7 cm³/mol. The number of para-hydroxylation sites is 1. The first-order chi connectivity index (χ1) is 9.78. The fourth-order valence-corrected chi connectivity index (χ4v) is 2.39. The molecule has 0 bridgehead atoms. The number of nitrogens with two attached hydrogens (primary N) is 1. The Kier molecular flexibility index (Phi) is 3.44. The van der Waals surface area contributed by atoms with Gasteiger partial charge in [0.05, 0.1) is 6.26 Å². The van der Waals surface area contributed by atoms with Gasteiger partial charge in [-0.1, -0.05) is 30.3 Å². The average molecular weight is 266 g/mol. The highest BCUT2D eigenvalue weighted by Gasteiger charge is 2.08. The normalized spacial score (nSPS) is 10.9. The Morgan fingerprint density at radius 3 is 2.55 bits per heavy atom. The van der Waals surface area contributed by atoms with Gasteiger partial charge in [0.1, 0.15) is 5.58 Å². The quantitative estimate of drug-likeness (QED) is 0.785. The maximum atomic E-state index is 5.62. The van der Waals surface area contributed by atoms with Crippen molar-refractivity contribution in [3.05, 3.63) is 65.9 Å². The summed E-state index contributed by atoms with van der Waals surface area (Å²) in [5, 5.41) is 1.18. The van der Waals surface area contributed by atoms with Gasteiger partial charge in [0.2, 0.25) is 0 Å². The summed E-state index contributed by atoms with van der Waals surface area (Å²) in [5.74, 6) is 0. The standard InChI is InChI=1S/C17H18N2O/c1-19(15-8-6-13(10-18)7-9-15)11-14-12-20-17-5-3-2-4-16(14)17/h2-9,12H,10-11,18H2,1H3. The van der Waals surface area contributed by atoms with Gasteiger partial charge in [0.25, 0.3) is 0 Å². The molecular weight excluding hydrogens is 248 g/mol. The Morgan fingerprint density at radius 1 is 1.05 bits per heavy atom. The second-order valence-electron chi connectivity index (χ2n) is 4.98. The number of benzene rings is 2. The Balaban J connectivity index is 1.82. The summed E-state index contributed by atoms with van der Waals surface area (Å²) in [6.07, 6.45) is 1.84. The van der Waals surface area contributed by atoms with Crippen LogP contribution in [0, 0.1) is 0 Å².